The number of methoxy groups -OCH3 is 1. The minimum atomic E-state index is -0.408. The summed E-state index contributed by atoms with van der Waals surface area (Å²) in [5, 5.41) is 2.95. The Morgan fingerprint density at radius 2 is 1.80 bits per heavy atom. The number of benzene rings is 3. The molecule has 0 aliphatic rings. The number of ether oxygens (including phenoxy) is 1. The third-order valence-corrected chi connectivity index (χ3v) is 5.59. The van der Waals surface area contributed by atoms with Gasteiger partial charge in [-0.25, -0.2) is 4.79 Å². The standard InChI is InChI=1S/C25H23NO4/c1-16-19-12-11-18(29-3)15-23(19)30-25(28)20(16)13-14-24(27)26(2)22-10-6-8-17-7-4-5-9-21(17)22/h4-12,15H,13-14H2,1-3H3. The zero-order valence-electron chi connectivity index (χ0n) is 17.3. The van der Waals surface area contributed by atoms with Crippen molar-refractivity contribution in [1.82, 2.24) is 0 Å². The zero-order chi connectivity index (χ0) is 21.3. The van der Waals surface area contributed by atoms with Crippen LogP contribution in [0.1, 0.15) is 17.5 Å². The first-order valence-electron chi connectivity index (χ1n) is 9.84. The zero-order valence-corrected chi connectivity index (χ0v) is 17.3. The van der Waals surface area contributed by atoms with E-state index < -0.39 is 5.63 Å². The fraction of sp³-hybridized carbons (Fsp3) is 0.200. The Morgan fingerprint density at radius 1 is 1.03 bits per heavy atom. The van der Waals surface area contributed by atoms with E-state index in [1.54, 1.807) is 25.1 Å². The Kier molecular flexibility index (Phi) is 5.27. The largest absolute Gasteiger partial charge is 0.497 e. The summed E-state index contributed by atoms with van der Waals surface area (Å²) in [7, 11) is 3.34. The molecule has 0 saturated heterocycles. The Balaban J connectivity index is 1.59. The summed E-state index contributed by atoms with van der Waals surface area (Å²) in [6.45, 7) is 1.89. The molecular weight excluding hydrogens is 378 g/mol. The highest BCUT2D eigenvalue weighted by atomic mass is 16.5. The SMILES string of the molecule is COc1ccc2c(C)c(CCC(=O)N(C)c3cccc4ccccc34)c(=O)oc2c1. The molecule has 0 bridgehead atoms. The number of anilines is 1. The van der Waals surface area contributed by atoms with Gasteiger partial charge in [-0.2, -0.15) is 0 Å². The van der Waals surface area contributed by atoms with Crippen molar-refractivity contribution >= 4 is 33.3 Å². The van der Waals surface area contributed by atoms with Crippen LogP contribution in [0.15, 0.2) is 69.9 Å². The van der Waals surface area contributed by atoms with Crippen molar-refractivity contribution in [3.05, 3.63) is 82.2 Å². The van der Waals surface area contributed by atoms with Crippen molar-refractivity contribution in [3.63, 3.8) is 0 Å². The molecule has 4 aromatic rings. The van der Waals surface area contributed by atoms with E-state index in [2.05, 4.69) is 0 Å². The van der Waals surface area contributed by atoms with Crippen LogP contribution in [0, 0.1) is 6.92 Å². The van der Waals surface area contributed by atoms with Crippen LogP contribution in [0.5, 0.6) is 5.75 Å². The minimum Gasteiger partial charge on any atom is -0.497 e. The van der Waals surface area contributed by atoms with Gasteiger partial charge >= 0.3 is 5.63 Å². The number of carbonyl (C=O) groups is 1. The highest BCUT2D eigenvalue weighted by Gasteiger charge is 2.17. The molecule has 152 valence electrons. The van der Waals surface area contributed by atoms with E-state index in [1.165, 1.54) is 0 Å². The summed E-state index contributed by atoms with van der Waals surface area (Å²) < 4.78 is 10.7. The molecule has 5 heteroatoms. The van der Waals surface area contributed by atoms with Crippen LogP contribution >= 0.6 is 0 Å². The molecule has 1 heterocycles. The van der Waals surface area contributed by atoms with Crippen LogP contribution in [0.3, 0.4) is 0 Å². The van der Waals surface area contributed by atoms with Crippen molar-refractivity contribution in [3.8, 4) is 5.75 Å². The maximum absolute atomic E-state index is 12.9. The molecule has 5 nitrogen and oxygen atoms in total. The van der Waals surface area contributed by atoms with Crippen molar-refractivity contribution in [2.45, 2.75) is 19.8 Å². The van der Waals surface area contributed by atoms with Crippen molar-refractivity contribution in [1.29, 1.82) is 0 Å². The predicted molar refractivity (Wildman–Crippen MR) is 119 cm³/mol. The second-order valence-corrected chi connectivity index (χ2v) is 7.31. The number of carbonyl (C=O) groups excluding carboxylic acids is 1. The smallest absolute Gasteiger partial charge is 0.339 e. The maximum Gasteiger partial charge on any atom is 0.339 e. The van der Waals surface area contributed by atoms with Gasteiger partial charge in [-0.15, -0.1) is 0 Å². The van der Waals surface area contributed by atoms with Gasteiger partial charge in [0.15, 0.2) is 0 Å². The Labute approximate surface area is 174 Å². The van der Waals surface area contributed by atoms with Gasteiger partial charge in [0, 0.05) is 35.9 Å². The monoisotopic (exact) mass is 401 g/mol. The summed E-state index contributed by atoms with van der Waals surface area (Å²) in [5.41, 5.74) is 2.30. The first-order chi connectivity index (χ1) is 14.5. The molecule has 0 aliphatic heterocycles. The van der Waals surface area contributed by atoms with Gasteiger partial charge < -0.3 is 14.1 Å². The number of fused-ring (bicyclic) bond motifs is 2. The summed E-state index contributed by atoms with van der Waals surface area (Å²) in [6, 6.07) is 19.3. The van der Waals surface area contributed by atoms with E-state index in [9.17, 15) is 9.59 Å². The second kappa shape index (κ2) is 8.03. The third-order valence-electron chi connectivity index (χ3n) is 5.59. The maximum atomic E-state index is 12.9. The van der Waals surface area contributed by atoms with Crippen LogP contribution < -0.4 is 15.3 Å². The quantitative estimate of drug-likeness (QED) is 0.448. The van der Waals surface area contributed by atoms with Crippen molar-refractivity contribution in [2.24, 2.45) is 0 Å². The number of nitrogens with zero attached hydrogens (tertiary/aromatic N) is 1. The summed E-state index contributed by atoms with van der Waals surface area (Å²) >= 11 is 0. The Morgan fingerprint density at radius 3 is 2.60 bits per heavy atom. The summed E-state index contributed by atoms with van der Waals surface area (Å²) in [6.07, 6.45) is 0.539. The second-order valence-electron chi connectivity index (χ2n) is 7.31. The molecule has 0 unspecified atom stereocenters. The lowest BCUT2D eigenvalue weighted by Crippen LogP contribution is -2.27. The molecule has 0 fully saturated rings. The number of hydrogen-bond acceptors (Lipinski definition) is 4. The van der Waals surface area contributed by atoms with Gasteiger partial charge in [0.25, 0.3) is 0 Å². The Bertz CT molecular complexity index is 1300. The fourth-order valence-corrected chi connectivity index (χ4v) is 3.83. The fourth-order valence-electron chi connectivity index (χ4n) is 3.83. The van der Waals surface area contributed by atoms with E-state index in [0.29, 0.717) is 23.3 Å². The average molecular weight is 401 g/mol. The minimum absolute atomic E-state index is 0.0556. The average Bonchev–Trinajstić information content (AvgIpc) is 2.77. The molecule has 3 aromatic carbocycles. The van der Waals surface area contributed by atoms with E-state index in [4.69, 9.17) is 9.15 Å². The first kappa shape index (κ1) is 19.7. The van der Waals surface area contributed by atoms with Crippen LogP contribution in [-0.4, -0.2) is 20.1 Å². The Hall–Kier alpha value is -3.60. The van der Waals surface area contributed by atoms with Gasteiger partial charge in [0.2, 0.25) is 5.91 Å². The molecular formula is C25H23NO4. The first-order valence-corrected chi connectivity index (χ1v) is 9.84. The van der Waals surface area contributed by atoms with Gasteiger partial charge in [-0.1, -0.05) is 36.4 Å². The van der Waals surface area contributed by atoms with Gasteiger partial charge in [-0.3, -0.25) is 4.79 Å². The lowest BCUT2D eigenvalue weighted by molar-refractivity contribution is -0.118. The van der Waals surface area contributed by atoms with Crippen LogP contribution in [0.25, 0.3) is 21.7 Å². The highest BCUT2D eigenvalue weighted by molar-refractivity contribution is 6.03. The third kappa shape index (κ3) is 3.54. The van der Waals surface area contributed by atoms with Crippen LogP contribution in [-0.2, 0) is 11.2 Å². The molecule has 4 rings (SSSR count). The van der Waals surface area contributed by atoms with Crippen molar-refractivity contribution in [2.75, 3.05) is 19.1 Å². The van der Waals surface area contributed by atoms with E-state index in [1.807, 2.05) is 61.5 Å². The van der Waals surface area contributed by atoms with E-state index in [0.717, 1.165) is 27.4 Å². The van der Waals surface area contributed by atoms with E-state index >= 15 is 0 Å². The van der Waals surface area contributed by atoms with Gasteiger partial charge in [0.1, 0.15) is 11.3 Å². The molecule has 1 amide bonds. The molecule has 0 aliphatic carbocycles. The lowest BCUT2D eigenvalue weighted by Gasteiger charge is -2.19. The summed E-state index contributed by atoms with van der Waals surface area (Å²) in [5.74, 6) is 0.574. The van der Waals surface area contributed by atoms with Crippen molar-refractivity contribution < 1.29 is 13.9 Å². The summed E-state index contributed by atoms with van der Waals surface area (Å²) in [4.78, 5) is 27.1. The lowest BCUT2D eigenvalue weighted by atomic mass is 10.0. The van der Waals surface area contributed by atoms with Crippen LogP contribution in [0.4, 0.5) is 5.69 Å². The predicted octanol–water partition coefficient (Wildman–Crippen LogP) is 4.86. The van der Waals surface area contributed by atoms with Gasteiger partial charge in [0.05, 0.1) is 12.8 Å². The molecule has 0 atom stereocenters. The molecule has 0 N–H and O–H groups in total. The molecule has 1 aromatic heterocycles. The van der Waals surface area contributed by atoms with Crippen LogP contribution in [0.2, 0.25) is 0 Å². The van der Waals surface area contributed by atoms with Gasteiger partial charge in [-0.05, 0) is 42.5 Å². The number of amides is 1. The van der Waals surface area contributed by atoms with E-state index in [-0.39, 0.29) is 12.3 Å². The molecule has 30 heavy (non-hydrogen) atoms. The highest BCUT2D eigenvalue weighted by Crippen LogP contribution is 2.27. The topological polar surface area (TPSA) is 59.8 Å². The number of hydrogen-bond donors (Lipinski definition) is 0. The number of aryl methyl sites for hydroxylation is 1. The number of rotatable bonds is 5. The normalized spacial score (nSPS) is 11.0. The molecule has 0 radical (unpaired) electrons. The molecule has 0 spiro atoms. The molecule has 0 saturated carbocycles.